The molecule has 0 heterocycles. The standard InChI is InChI=1S/C17H28N2/c1-2-19(16-12-8-5-9-13-16)17(14-18)15-10-6-3-4-7-11-15/h5,8-9,12-13,15,17H,2-4,6-7,10-11,14,18H2,1H3. The van der Waals surface area contributed by atoms with Crippen LogP contribution in [0.4, 0.5) is 5.69 Å². The molecule has 106 valence electrons. The summed E-state index contributed by atoms with van der Waals surface area (Å²) in [6.45, 7) is 4.06. The van der Waals surface area contributed by atoms with Crippen LogP contribution in [-0.4, -0.2) is 19.1 Å². The van der Waals surface area contributed by atoms with Crippen LogP contribution in [0.1, 0.15) is 45.4 Å². The van der Waals surface area contributed by atoms with Crippen molar-refractivity contribution in [3.63, 3.8) is 0 Å². The highest BCUT2D eigenvalue weighted by molar-refractivity contribution is 5.47. The third-order valence-corrected chi connectivity index (χ3v) is 4.51. The number of benzene rings is 1. The van der Waals surface area contributed by atoms with Crippen molar-refractivity contribution < 1.29 is 0 Å². The van der Waals surface area contributed by atoms with E-state index in [1.54, 1.807) is 0 Å². The molecule has 2 heteroatoms. The van der Waals surface area contributed by atoms with Crippen molar-refractivity contribution >= 4 is 5.69 Å². The molecule has 0 saturated heterocycles. The van der Waals surface area contributed by atoms with Gasteiger partial charge in [-0.15, -0.1) is 0 Å². The van der Waals surface area contributed by atoms with Crippen LogP contribution in [0.5, 0.6) is 0 Å². The Morgan fingerprint density at radius 3 is 2.26 bits per heavy atom. The van der Waals surface area contributed by atoms with E-state index in [2.05, 4.69) is 42.2 Å². The van der Waals surface area contributed by atoms with Crippen LogP contribution in [0.2, 0.25) is 0 Å². The van der Waals surface area contributed by atoms with Crippen LogP contribution in [0.25, 0.3) is 0 Å². The van der Waals surface area contributed by atoms with Crippen molar-refractivity contribution in [3.8, 4) is 0 Å². The normalized spacial score (nSPS) is 18.8. The molecule has 2 rings (SSSR count). The average Bonchev–Trinajstić information content (AvgIpc) is 2.74. The fraction of sp³-hybridized carbons (Fsp3) is 0.647. The summed E-state index contributed by atoms with van der Waals surface area (Å²) in [5, 5.41) is 0. The number of rotatable bonds is 5. The molecule has 19 heavy (non-hydrogen) atoms. The van der Waals surface area contributed by atoms with Crippen LogP contribution in [0.3, 0.4) is 0 Å². The molecule has 1 fully saturated rings. The van der Waals surface area contributed by atoms with Crippen LogP contribution in [-0.2, 0) is 0 Å². The zero-order valence-electron chi connectivity index (χ0n) is 12.2. The average molecular weight is 260 g/mol. The fourth-order valence-corrected chi connectivity index (χ4v) is 3.50. The van der Waals surface area contributed by atoms with Gasteiger partial charge in [0.25, 0.3) is 0 Å². The van der Waals surface area contributed by atoms with E-state index in [0.29, 0.717) is 6.04 Å². The van der Waals surface area contributed by atoms with E-state index in [1.165, 1.54) is 44.2 Å². The van der Waals surface area contributed by atoms with E-state index in [4.69, 9.17) is 5.73 Å². The zero-order chi connectivity index (χ0) is 13.5. The van der Waals surface area contributed by atoms with E-state index in [1.807, 2.05) is 0 Å². The first-order valence-corrected chi connectivity index (χ1v) is 7.88. The molecular weight excluding hydrogens is 232 g/mol. The maximum absolute atomic E-state index is 6.13. The van der Waals surface area contributed by atoms with Crippen molar-refractivity contribution in [2.75, 3.05) is 18.0 Å². The molecule has 2 nitrogen and oxygen atoms in total. The number of nitrogens with zero attached hydrogens (tertiary/aromatic N) is 1. The quantitative estimate of drug-likeness (QED) is 0.816. The highest BCUT2D eigenvalue weighted by Gasteiger charge is 2.26. The molecule has 1 aromatic rings. The molecule has 0 amide bonds. The van der Waals surface area contributed by atoms with Gasteiger partial charge in [-0.3, -0.25) is 0 Å². The lowest BCUT2D eigenvalue weighted by molar-refractivity contribution is 0.361. The SMILES string of the molecule is CCN(c1ccccc1)C(CN)C1CCCCCC1. The van der Waals surface area contributed by atoms with Crippen molar-refractivity contribution in [1.82, 2.24) is 0 Å². The molecule has 1 aliphatic carbocycles. The van der Waals surface area contributed by atoms with E-state index in [9.17, 15) is 0 Å². The Morgan fingerprint density at radius 2 is 1.74 bits per heavy atom. The van der Waals surface area contributed by atoms with Crippen molar-refractivity contribution in [2.45, 2.75) is 51.5 Å². The predicted octanol–water partition coefficient (Wildman–Crippen LogP) is 3.81. The van der Waals surface area contributed by atoms with Gasteiger partial charge >= 0.3 is 0 Å². The number of anilines is 1. The van der Waals surface area contributed by atoms with Gasteiger partial charge in [0.2, 0.25) is 0 Å². The summed E-state index contributed by atoms with van der Waals surface area (Å²) < 4.78 is 0. The first-order chi connectivity index (χ1) is 9.36. The highest BCUT2D eigenvalue weighted by Crippen LogP contribution is 2.30. The van der Waals surface area contributed by atoms with Gasteiger partial charge in [-0.1, -0.05) is 43.9 Å². The summed E-state index contributed by atoms with van der Waals surface area (Å²) in [6, 6.07) is 11.3. The summed E-state index contributed by atoms with van der Waals surface area (Å²) in [5.41, 5.74) is 7.45. The largest absolute Gasteiger partial charge is 0.367 e. The number of hydrogen-bond donors (Lipinski definition) is 1. The first kappa shape index (κ1) is 14.4. The molecule has 0 aromatic heterocycles. The summed E-state index contributed by atoms with van der Waals surface area (Å²) in [7, 11) is 0. The smallest absolute Gasteiger partial charge is 0.0440 e. The van der Waals surface area contributed by atoms with Crippen molar-refractivity contribution in [1.29, 1.82) is 0 Å². The Morgan fingerprint density at radius 1 is 1.11 bits per heavy atom. The second-order valence-electron chi connectivity index (χ2n) is 5.68. The Kier molecular flexibility index (Phi) is 5.71. The minimum atomic E-state index is 0.505. The number of hydrogen-bond acceptors (Lipinski definition) is 2. The molecule has 1 saturated carbocycles. The van der Waals surface area contributed by atoms with Crippen LogP contribution < -0.4 is 10.6 Å². The third kappa shape index (κ3) is 3.73. The van der Waals surface area contributed by atoms with Crippen LogP contribution >= 0.6 is 0 Å². The molecule has 1 unspecified atom stereocenters. The molecule has 1 atom stereocenters. The molecule has 1 aromatic carbocycles. The Balaban J connectivity index is 2.13. The maximum atomic E-state index is 6.13. The summed E-state index contributed by atoms with van der Waals surface area (Å²) in [4.78, 5) is 2.51. The maximum Gasteiger partial charge on any atom is 0.0440 e. The Bertz CT molecular complexity index is 342. The van der Waals surface area contributed by atoms with Gasteiger partial charge in [0, 0.05) is 24.8 Å². The molecule has 0 aliphatic heterocycles. The minimum absolute atomic E-state index is 0.505. The molecular formula is C17H28N2. The topological polar surface area (TPSA) is 29.3 Å². The minimum Gasteiger partial charge on any atom is -0.367 e. The fourth-order valence-electron chi connectivity index (χ4n) is 3.50. The molecule has 2 N–H and O–H groups in total. The zero-order valence-corrected chi connectivity index (χ0v) is 12.2. The van der Waals surface area contributed by atoms with Crippen LogP contribution in [0.15, 0.2) is 30.3 Å². The first-order valence-electron chi connectivity index (χ1n) is 7.88. The second-order valence-corrected chi connectivity index (χ2v) is 5.68. The van der Waals surface area contributed by atoms with Gasteiger partial charge < -0.3 is 10.6 Å². The van der Waals surface area contributed by atoms with Crippen molar-refractivity contribution in [2.24, 2.45) is 11.7 Å². The second kappa shape index (κ2) is 7.54. The summed E-state index contributed by atoms with van der Waals surface area (Å²) >= 11 is 0. The van der Waals surface area contributed by atoms with E-state index in [0.717, 1.165) is 19.0 Å². The molecule has 1 aliphatic rings. The molecule has 0 radical (unpaired) electrons. The van der Waals surface area contributed by atoms with Gasteiger partial charge in [0.1, 0.15) is 0 Å². The van der Waals surface area contributed by atoms with Gasteiger partial charge in [-0.05, 0) is 37.8 Å². The van der Waals surface area contributed by atoms with Gasteiger partial charge in [-0.2, -0.15) is 0 Å². The number of likely N-dealkylation sites (N-methyl/N-ethyl adjacent to an activating group) is 1. The molecule has 0 bridgehead atoms. The van der Waals surface area contributed by atoms with Gasteiger partial charge in [0.05, 0.1) is 0 Å². The third-order valence-electron chi connectivity index (χ3n) is 4.51. The van der Waals surface area contributed by atoms with Crippen LogP contribution in [0, 0.1) is 5.92 Å². The number of para-hydroxylation sites is 1. The highest BCUT2D eigenvalue weighted by atomic mass is 15.2. The lowest BCUT2D eigenvalue weighted by atomic mass is 9.90. The Hall–Kier alpha value is -1.02. The predicted molar refractivity (Wildman–Crippen MR) is 83.5 cm³/mol. The van der Waals surface area contributed by atoms with E-state index in [-0.39, 0.29) is 0 Å². The van der Waals surface area contributed by atoms with E-state index < -0.39 is 0 Å². The van der Waals surface area contributed by atoms with Gasteiger partial charge in [-0.25, -0.2) is 0 Å². The summed E-state index contributed by atoms with van der Waals surface area (Å²) in [5.74, 6) is 0.771. The monoisotopic (exact) mass is 260 g/mol. The summed E-state index contributed by atoms with van der Waals surface area (Å²) in [6.07, 6.45) is 8.29. The van der Waals surface area contributed by atoms with E-state index >= 15 is 0 Å². The van der Waals surface area contributed by atoms with Gasteiger partial charge in [0.15, 0.2) is 0 Å². The lowest BCUT2D eigenvalue weighted by Crippen LogP contribution is -2.45. The lowest BCUT2D eigenvalue weighted by Gasteiger charge is -2.37. The molecule has 0 spiro atoms. The number of nitrogens with two attached hydrogens (primary N) is 1. The van der Waals surface area contributed by atoms with Crippen molar-refractivity contribution in [3.05, 3.63) is 30.3 Å². The Labute approximate surface area is 118 Å².